The lowest BCUT2D eigenvalue weighted by molar-refractivity contribution is 0.0975. The third kappa shape index (κ3) is 3.61. The number of β-amino-alcohol motifs (C(OH)–C–C–N with tert-alkyl or cyclic N) is 1. The molecule has 2 heterocycles. The van der Waals surface area contributed by atoms with E-state index in [1.807, 2.05) is 0 Å². The predicted octanol–water partition coefficient (Wildman–Crippen LogP) is 1.11. The quantitative estimate of drug-likeness (QED) is 0.775. The zero-order valence-electron chi connectivity index (χ0n) is 9.88. The van der Waals surface area contributed by atoms with Crippen LogP contribution >= 0.6 is 0 Å². The largest absolute Gasteiger partial charge is 0.392 e. The lowest BCUT2D eigenvalue weighted by Crippen LogP contribution is -2.23. The Kier molecular flexibility index (Phi) is 4.23. The summed E-state index contributed by atoms with van der Waals surface area (Å²) in [5, 5.41) is 9.37. The fourth-order valence-corrected chi connectivity index (χ4v) is 2.15. The zero-order chi connectivity index (χ0) is 12.1. The molecular weight excluding hydrogens is 216 g/mol. The first kappa shape index (κ1) is 12.2. The van der Waals surface area contributed by atoms with Crippen LogP contribution in [0.25, 0.3) is 0 Å². The molecule has 0 bridgehead atoms. The van der Waals surface area contributed by atoms with Crippen molar-refractivity contribution in [2.24, 2.45) is 0 Å². The Hall–Kier alpha value is -1.26. The van der Waals surface area contributed by atoms with Crippen LogP contribution in [0.5, 0.6) is 0 Å². The van der Waals surface area contributed by atoms with Gasteiger partial charge in [-0.15, -0.1) is 0 Å². The molecule has 1 saturated heterocycles. The van der Waals surface area contributed by atoms with E-state index in [1.54, 1.807) is 24.5 Å². The second kappa shape index (κ2) is 5.89. The van der Waals surface area contributed by atoms with Crippen molar-refractivity contribution < 1.29 is 9.90 Å². The standard InChI is InChI=1S/C13H18N2O2/c16-12-5-8-15(10-12)7-2-4-13(17)11-3-1-6-14-9-11/h1,3,6,9,12,16H,2,4-5,7-8,10H2/t12-/m0/s1. The second-order valence-corrected chi connectivity index (χ2v) is 4.51. The Bertz CT molecular complexity index is 367. The number of aromatic nitrogens is 1. The summed E-state index contributed by atoms with van der Waals surface area (Å²) in [6.07, 6.45) is 5.36. The summed E-state index contributed by atoms with van der Waals surface area (Å²) in [5.41, 5.74) is 0.689. The number of pyridine rings is 1. The third-order valence-electron chi connectivity index (χ3n) is 3.11. The Balaban J connectivity index is 1.70. The van der Waals surface area contributed by atoms with Crippen molar-refractivity contribution in [3.63, 3.8) is 0 Å². The fourth-order valence-electron chi connectivity index (χ4n) is 2.15. The van der Waals surface area contributed by atoms with Crippen LogP contribution in [0.1, 0.15) is 29.6 Å². The molecule has 0 unspecified atom stereocenters. The summed E-state index contributed by atoms with van der Waals surface area (Å²) in [4.78, 5) is 17.9. The maximum absolute atomic E-state index is 11.8. The van der Waals surface area contributed by atoms with Gasteiger partial charge in [0.2, 0.25) is 0 Å². The van der Waals surface area contributed by atoms with Gasteiger partial charge in [-0.1, -0.05) is 0 Å². The number of hydrogen-bond acceptors (Lipinski definition) is 4. The van der Waals surface area contributed by atoms with E-state index in [1.165, 1.54) is 0 Å². The summed E-state index contributed by atoms with van der Waals surface area (Å²) in [5.74, 6) is 0.151. The molecule has 4 heteroatoms. The van der Waals surface area contributed by atoms with E-state index in [-0.39, 0.29) is 11.9 Å². The molecule has 1 aliphatic rings. The van der Waals surface area contributed by atoms with Gasteiger partial charge in [-0.05, 0) is 31.5 Å². The molecule has 0 aliphatic carbocycles. The minimum Gasteiger partial charge on any atom is -0.392 e. The highest BCUT2D eigenvalue weighted by Gasteiger charge is 2.19. The molecular formula is C13H18N2O2. The van der Waals surface area contributed by atoms with E-state index in [4.69, 9.17) is 0 Å². The zero-order valence-corrected chi connectivity index (χ0v) is 9.88. The molecule has 1 atom stereocenters. The monoisotopic (exact) mass is 234 g/mol. The van der Waals surface area contributed by atoms with Gasteiger partial charge in [-0.2, -0.15) is 0 Å². The summed E-state index contributed by atoms with van der Waals surface area (Å²) in [6.45, 7) is 2.59. The normalized spacial score (nSPS) is 20.6. The maximum Gasteiger partial charge on any atom is 0.164 e. The molecule has 0 aromatic carbocycles. The number of aliphatic hydroxyl groups excluding tert-OH is 1. The van der Waals surface area contributed by atoms with Gasteiger partial charge in [0, 0.05) is 37.5 Å². The lowest BCUT2D eigenvalue weighted by Gasteiger charge is -2.13. The summed E-state index contributed by atoms with van der Waals surface area (Å²) < 4.78 is 0. The molecule has 1 fully saturated rings. The Morgan fingerprint density at radius 2 is 2.47 bits per heavy atom. The predicted molar refractivity (Wildman–Crippen MR) is 64.9 cm³/mol. The Morgan fingerprint density at radius 1 is 1.59 bits per heavy atom. The van der Waals surface area contributed by atoms with Gasteiger partial charge >= 0.3 is 0 Å². The van der Waals surface area contributed by atoms with Gasteiger partial charge in [-0.3, -0.25) is 9.78 Å². The molecule has 92 valence electrons. The molecule has 1 aromatic heterocycles. The maximum atomic E-state index is 11.8. The van der Waals surface area contributed by atoms with Crippen LogP contribution in [0, 0.1) is 0 Å². The van der Waals surface area contributed by atoms with E-state index < -0.39 is 0 Å². The molecule has 0 radical (unpaired) electrons. The topological polar surface area (TPSA) is 53.4 Å². The average Bonchev–Trinajstić information content (AvgIpc) is 2.76. The molecule has 0 spiro atoms. The molecule has 1 N–H and O–H groups in total. The van der Waals surface area contributed by atoms with Crippen molar-refractivity contribution in [3.8, 4) is 0 Å². The van der Waals surface area contributed by atoms with Crippen molar-refractivity contribution in [1.82, 2.24) is 9.88 Å². The molecule has 1 aromatic rings. The highest BCUT2D eigenvalue weighted by molar-refractivity contribution is 5.95. The number of ketones is 1. The van der Waals surface area contributed by atoms with Crippen molar-refractivity contribution in [2.75, 3.05) is 19.6 Å². The molecule has 1 aliphatic heterocycles. The number of hydrogen-bond donors (Lipinski definition) is 1. The first-order valence-electron chi connectivity index (χ1n) is 6.09. The molecule has 0 amide bonds. The van der Waals surface area contributed by atoms with Gasteiger partial charge < -0.3 is 10.0 Å². The minimum absolute atomic E-state index is 0.151. The smallest absolute Gasteiger partial charge is 0.164 e. The van der Waals surface area contributed by atoms with Crippen molar-refractivity contribution in [3.05, 3.63) is 30.1 Å². The summed E-state index contributed by atoms with van der Waals surface area (Å²) >= 11 is 0. The minimum atomic E-state index is -0.177. The van der Waals surface area contributed by atoms with Gasteiger partial charge in [0.15, 0.2) is 5.78 Å². The van der Waals surface area contributed by atoms with E-state index >= 15 is 0 Å². The summed E-state index contributed by atoms with van der Waals surface area (Å²) in [6, 6.07) is 3.58. The van der Waals surface area contributed by atoms with E-state index in [0.717, 1.165) is 32.5 Å². The number of nitrogens with zero attached hydrogens (tertiary/aromatic N) is 2. The van der Waals surface area contributed by atoms with Crippen LogP contribution in [0.4, 0.5) is 0 Å². The summed E-state index contributed by atoms with van der Waals surface area (Å²) in [7, 11) is 0. The van der Waals surface area contributed by atoms with Crippen LogP contribution in [0.3, 0.4) is 0 Å². The highest BCUT2D eigenvalue weighted by Crippen LogP contribution is 2.10. The number of Topliss-reactive ketones (excluding diaryl/α,β-unsaturated/α-hetero) is 1. The highest BCUT2D eigenvalue weighted by atomic mass is 16.3. The van der Waals surface area contributed by atoms with Gasteiger partial charge in [0.25, 0.3) is 0 Å². The third-order valence-corrected chi connectivity index (χ3v) is 3.11. The molecule has 4 nitrogen and oxygen atoms in total. The molecule has 0 saturated carbocycles. The van der Waals surface area contributed by atoms with E-state index in [2.05, 4.69) is 9.88 Å². The first-order valence-corrected chi connectivity index (χ1v) is 6.09. The van der Waals surface area contributed by atoms with Gasteiger partial charge in [0.1, 0.15) is 0 Å². The number of carbonyl (C=O) groups is 1. The van der Waals surface area contributed by atoms with Crippen LogP contribution in [-0.2, 0) is 0 Å². The van der Waals surface area contributed by atoms with Crippen LogP contribution in [0.15, 0.2) is 24.5 Å². The number of likely N-dealkylation sites (tertiary alicyclic amines) is 1. The van der Waals surface area contributed by atoms with Crippen LogP contribution in [0.2, 0.25) is 0 Å². The van der Waals surface area contributed by atoms with Gasteiger partial charge in [0.05, 0.1) is 6.10 Å². The molecule has 17 heavy (non-hydrogen) atoms. The van der Waals surface area contributed by atoms with E-state index in [0.29, 0.717) is 12.0 Å². The number of rotatable bonds is 5. The Labute approximate surface area is 101 Å². The van der Waals surface area contributed by atoms with Crippen molar-refractivity contribution >= 4 is 5.78 Å². The number of carbonyl (C=O) groups excluding carboxylic acids is 1. The average molecular weight is 234 g/mol. The van der Waals surface area contributed by atoms with Gasteiger partial charge in [-0.25, -0.2) is 0 Å². The van der Waals surface area contributed by atoms with Crippen molar-refractivity contribution in [2.45, 2.75) is 25.4 Å². The van der Waals surface area contributed by atoms with Crippen molar-refractivity contribution in [1.29, 1.82) is 0 Å². The van der Waals surface area contributed by atoms with E-state index in [9.17, 15) is 9.90 Å². The second-order valence-electron chi connectivity index (χ2n) is 4.51. The lowest BCUT2D eigenvalue weighted by atomic mass is 10.1. The van der Waals surface area contributed by atoms with Crippen LogP contribution < -0.4 is 0 Å². The Morgan fingerprint density at radius 3 is 3.12 bits per heavy atom. The van der Waals surface area contributed by atoms with Crippen LogP contribution in [-0.4, -0.2) is 46.5 Å². The fraction of sp³-hybridized carbons (Fsp3) is 0.538. The first-order chi connectivity index (χ1) is 8.25. The number of aliphatic hydroxyl groups is 1. The SMILES string of the molecule is O=C(CCCN1CC[C@H](O)C1)c1cccnc1. The molecule has 2 rings (SSSR count).